The summed E-state index contributed by atoms with van der Waals surface area (Å²) >= 11 is 4.34. The van der Waals surface area contributed by atoms with Gasteiger partial charge in [-0.25, -0.2) is 0 Å². The molecule has 2 nitrogen and oxygen atoms in total. The van der Waals surface area contributed by atoms with Crippen molar-refractivity contribution < 1.29 is 0 Å². The maximum Gasteiger partial charge on any atom is 0.0449 e. The molecule has 0 aliphatic heterocycles. The van der Waals surface area contributed by atoms with E-state index in [0.717, 1.165) is 17.1 Å². The standard InChI is InChI=1S/C11H16N2S/c12-7-11(4-1-5-11)8-2-3-9(13)10(14)6-8/h2-3,6,14H,1,4-5,7,12-13H2. The SMILES string of the molecule is NCC1(c2ccc(N)c(S)c2)CCC1. The Morgan fingerprint density at radius 3 is 2.50 bits per heavy atom. The summed E-state index contributed by atoms with van der Waals surface area (Å²) in [6.07, 6.45) is 3.67. The molecule has 0 saturated heterocycles. The molecule has 0 heterocycles. The third-order valence-electron chi connectivity index (χ3n) is 3.34. The van der Waals surface area contributed by atoms with Crippen LogP contribution in [-0.4, -0.2) is 6.54 Å². The zero-order valence-electron chi connectivity index (χ0n) is 8.16. The second kappa shape index (κ2) is 3.48. The van der Waals surface area contributed by atoms with Crippen LogP contribution in [0.3, 0.4) is 0 Å². The van der Waals surface area contributed by atoms with Crippen molar-refractivity contribution >= 4 is 18.3 Å². The summed E-state index contributed by atoms with van der Waals surface area (Å²) in [7, 11) is 0. The number of nitrogen functional groups attached to an aromatic ring is 1. The fourth-order valence-corrected chi connectivity index (χ4v) is 2.30. The van der Waals surface area contributed by atoms with Gasteiger partial charge in [0.2, 0.25) is 0 Å². The van der Waals surface area contributed by atoms with Crippen LogP contribution in [0.15, 0.2) is 23.1 Å². The number of benzene rings is 1. The molecule has 1 saturated carbocycles. The van der Waals surface area contributed by atoms with E-state index >= 15 is 0 Å². The van der Waals surface area contributed by atoms with Crippen LogP contribution < -0.4 is 11.5 Å². The van der Waals surface area contributed by atoms with E-state index < -0.39 is 0 Å². The summed E-state index contributed by atoms with van der Waals surface area (Å²) in [6.45, 7) is 0.726. The number of thiol groups is 1. The van der Waals surface area contributed by atoms with Crippen molar-refractivity contribution in [2.45, 2.75) is 29.6 Å². The Morgan fingerprint density at radius 1 is 1.36 bits per heavy atom. The van der Waals surface area contributed by atoms with Gasteiger partial charge in [-0.2, -0.15) is 0 Å². The van der Waals surface area contributed by atoms with Gasteiger partial charge in [0.25, 0.3) is 0 Å². The smallest absolute Gasteiger partial charge is 0.0449 e. The maximum atomic E-state index is 5.83. The molecule has 0 unspecified atom stereocenters. The second-order valence-electron chi connectivity index (χ2n) is 4.11. The minimum absolute atomic E-state index is 0.213. The lowest BCUT2D eigenvalue weighted by Gasteiger charge is -2.41. The van der Waals surface area contributed by atoms with Crippen LogP contribution in [0.1, 0.15) is 24.8 Å². The second-order valence-corrected chi connectivity index (χ2v) is 4.59. The topological polar surface area (TPSA) is 52.0 Å². The largest absolute Gasteiger partial charge is 0.398 e. The molecule has 1 aromatic carbocycles. The Hall–Kier alpha value is -0.670. The first-order chi connectivity index (χ1) is 6.68. The van der Waals surface area contributed by atoms with E-state index in [-0.39, 0.29) is 5.41 Å². The van der Waals surface area contributed by atoms with Crippen LogP contribution in [-0.2, 0) is 5.41 Å². The van der Waals surface area contributed by atoms with Crippen molar-refractivity contribution in [3.05, 3.63) is 23.8 Å². The molecule has 1 aliphatic rings. The molecule has 1 aromatic rings. The third kappa shape index (κ3) is 1.41. The zero-order valence-corrected chi connectivity index (χ0v) is 9.06. The molecule has 1 fully saturated rings. The van der Waals surface area contributed by atoms with Gasteiger partial charge >= 0.3 is 0 Å². The minimum Gasteiger partial charge on any atom is -0.398 e. The third-order valence-corrected chi connectivity index (χ3v) is 3.73. The highest BCUT2D eigenvalue weighted by Crippen LogP contribution is 2.43. The van der Waals surface area contributed by atoms with Gasteiger partial charge in [0.1, 0.15) is 0 Å². The predicted molar refractivity (Wildman–Crippen MR) is 62.7 cm³/mol. The minimum atomic E-state index is 0.213. The van der Waals surface area contributed by atoms with E-state index in [1.54, 1.807) is 0 Å². The first-order valence-electron chi connectivity index (χ1n) is 4.97. The summed E-state index contributed by atoms with van der Waals surface area (Å²) < 4.78 is 0. The molecule has 0 bridgehead atoms. The van der Waals surface area contributed by atoms with Crippen LogP contribution in [0.25, 0.3) is 0 Å². The molecular weight excluding hydrogens is 192 g/mol. The van der Waals surface area contributed by atoms with Crippen LogP contribution in [0, 0.1) is 0 Å². The number of hydrogen-bond acceptors (Lipinski definition) is 3. The normalized spacial score (nSPS) is 19.0. The molecule has 3 heteroatoms. The van der Waals surface area contributed by atoms with Crippen LogP contribution >= 0.6 is 12.6 Å². The van der Waals surface area contributed by atoms with Crippen molar-refractivity contribution in [3.63, 3.8) is 0 Å². The van der Waals surface area contributed by atoms with Gasteiger partial charge in [0.15, 0.2) is 0 Å². The number of anilines is 1. The highest BCUT2D eigenvalue weighted by Gasteiger charge is 2.37. The zero-order chi connectivity index (χ0) is 10.2. The molecule has 0 amide bonds. The highest BCUT2D eigenvalue weighted by atomic mass is 32.1. The molecule has 0 spiro atoms. The summed E-state index contributed by atoms with van der Waals surface area (Å²) in [5.41, 5.74) is 13.8. The Labute approximate surface area is 90.1 Å². The highest BCUT2D eigenvalue weighted by molar-refractivity contribution is 7.80. The Morgan fingerprint density at radius 2 is 2.07 bits per heavy atom. The summed E-state index contributed by atoms with van der Waals surface area (Å²) in [5, 5.41) is 0. The van der Waals surface area contributed by atoms with Gasteiger partial charge in [-0.1, -0.05) is 12.5 Å². The molecule has 76 valence electrons. The van der Waals surface area contributed by atoms with Crippen LogP contribution in [0.4, 0.5) is 5.69 Å². The van der Waals surface area contributed by atoms with Crippen molar-refractivity contribution in [2.75, 3.05) is 12.3 Å². The van der Waals surface area contributed by atoms with Crippen LogP contribution in [0.2, 0.25) is 0 Å². The van der Waals surface area contributed by atoms with Crippen molar-refractivity contribution in [1.29, 1.82) is 0 Å². The lowest BCUT2D eigenvalue weighted by Crippen LogP contribution is -2.41. The quantitative estimate of drug-likeness (QED) is 0.514. The van der Waals surface area contributed by atoms with Gasteiger partial charge in [0.05, 0.1) is 0 Å². The molecule has 2 rings (SSSR count). The molecule has 0 radical (unpaired) electrons. The Kier molecular flexibility index (Phi) is 2.45. The van der Waals surface area contributed by atoms with Gasteiger partial charge in [0, 0.05) is 22.5 Å². The molecule has 0 atom stereocenters. The fraction of sp³-hybridized carbons (Fsp3) is 0.455. The molecule has 0 aromatic heterocycles. The molecule has 14 heavy (non-hydrogen) atoms. The summed E-state index contributed by atoms with van der Waals surface area (Å²) in [6, 6.07) is 6.07. The number of hydrogen-bond donors (Lipinski definition) is 3. The van der Waals surface area contributed by atoms with E-state index in [1.165, 1.54) is 24.8 Å². The monoisotopic (exact) mass is 208 g/mol. The van der Waals surface area contributed by atoms with E-state index in [0.29, 0.717) is 0 Å². The van der Waals surface area contributed by atoms with E-state index in [9.17, 15) is 0 Å². The van der Waals surface area contributed by atoms with Gasteiger partial charge in [-0.15, -0.1) is 12.6 Å². The average molecular weight is 208 g/mol. The average Bonchev–Trinajstić information content (AvgIpc) is 2.10. The number of nitrogens with two attached hydrogens (primary N) is 2. The van der Waals surface area contributed by atoms with Gasteiger partial charge in [-0.05, 0) is 30.5 Å². The van der Waals surface area contributed by atoms with Crippen molar-refractivity contribution in [1.82, 2.24) is 0 Å². The van der Waals surface area contributed by atoms with Gasteiger partial charge in [-0.3, -0.25) is 0 Å². The lowest BCUT2D eigenvalue weighted by molar-refractivity contribution is 0.252. The number of rotatable bonds is 2. The molecule has 4 N–H and O–H groups in total. The summed E-state index contributed by atoms with van der Waals surface area (Å²) in [4.78, 5) is 0.863. The molecular formula is C11H16N2S. The Bertz CT molecular complexity index is 340. The predicted octanol–water partition coefficient (Wildman–Crippen LogP) is 1.94. The van der Waals surface area contributed by atoms with E-state index in [2.05, 4.69) is 24.8 Å². The maximum absolute atomic E-state index is 5.83. The fourth-order valence-electron chi connectivity index (χ4n) is 2.09. The first kappa shape index (κ1) is 9.87. The Balaban J connectivity index is 2.36. The van der Waals surface area contributed by atoms with E-state index in [1.807, 2.05) is 6.07 Å². The van der Waals surface area contributed by atoms with Crippen LogP contribution in [0.5, 0.6) is 0 Å². The van der Waals surface area contributed by atoms with Crippen molar-refractivity contribution in [3.8, 4) is 0 Å². The van der Waals surface area contributed by atoms with Gasteiger partial charge < -0.3 is 11.5 Å². The lowest BCUT2D eigenvalue weighted by atomic mass is 9.64. The summed E-state index contributed by atoms with van der Waals surface area (Å²) in [5.74, 6) is 0. The molecule has 1 aliphatic carbocycles. The first-order valence-corrected chi connectivity index (χ1v) is 5.42. The van der Waals surface area contributed by atoms with Crippen molar-refractivity contribution in [2.24, 2.45) is 5.73 Å². The van der Waals surface area contributed by atoms with E-state index in [4.69, 9.17) is 11.5 Å².